The van der Waals surface area contributed by atoms with Crippen molar-refractivity contribution in [3.8, 4) is 0 Å². The Morgan fingerprint density at radius 3 is 2.55 bits per heavy atom. The van der Waals surface area contributed by atoms with Crippen molar-refractivity contribution in [2.45, 2.75) is 39.0 Å². The fourth-order valence-corrected chi connectivity index (χ4v) is 1.71. The van der Waals surface area contributed by atoms with Gasteiger partial charge in [-0.3, -0.25) is 4.79 Å². The minimum atomic E-state index is -0.697. The number of carbonyl (C=O) groups is 1. The molecule has 0 aliphatic heterocycles. The molecule has 0 aliphatic carbocycles. The molecule has 0 spiro atoms. The summed E-state index contributed by atoms with van der Waals surface area (Å²) in [7, 11) is 0. The van der Waals surface area contributed by atoms with Crippen LogP contribution in [-0.2, 0) is 16.1 Å². The van der Waals surface area contributed by atoms with Crippen LogP contribution in [0.4, 0.5) is 0 Å². The van der Waals surface area contributed by atoms with E-state index in [1.807, 2.05) is 20.8 Å². The lowest BCUT2D eigenvalue weighted by atomic mass is 10.2. The predicted octanol–water partition coefficient (Wildman–Crippen LogP) is 2.75. The van der Waals surface area contributed by atoms with Crippen LogP contribution >= 0.6 is 23.2 Å². The number of halogens is 2. The molecule has 0 radical (unpaired) electrons. The Balaban J connectivity index is 2.44. The van der Waals surface area contributed by atoms with E-state index in [0.29, 0.717) is 16.6 Å². The SMILES string of the molecule is CC(C)(C)OCC(N)C(=O)NCc1ccc(Cl)c(Cl)c1. The van der Waals surface area contributed by atoms with E-state index in [1.54, 1.807) is 18.2 Å². The first-order valence-electron chi connectivity index (χ1n) is 6.30. The Kier molecular flexibility index (Phi) is 6.27. The highest BCUT2D eigenvalue weighted by Crippen LogP contribution is 2.22. The molecule has 1 atom stereocenters. The average Bonchev–Trinajstić information content (AvgIpc) is 2.36. The van der Waals surface area contributed by atoms with Gasteiger partial charge in [0.05, 0.1) is 22.3 Å². The molecule has 0 aliphatic rings. The number of amides is 1. The lowest BCUT2D eigenvalue weighted by Crippen LogP contribution is -2.44. The minimum absolute atomic E-state index is 0.177. The highest BCUT2D eigenvalue weighted by atomic mass is 35.5. The second-order valence-corrected chi connectivity index (χ2v) is 6.31. The molecular weight excluding hydrogens is 299 g/mol. The lowest BCUT2D eigenvalue weighted by molar-refractivity contribution is -0.125. The average molecular weight is 319 g/mol. The van der Waals surface area contributed by atoms with E-state index in [4.69, 9.17) is 33.7 Å². The van der Waals surface area contributed by atoms with Gasteiger partial charge in [0.2, 0.25) is 5.91 Å². The maximum Gasteiger partial charge on any atom is 0.239 e. The Hall–Kier alpha value is -0.810. The number of nitrogens with two attached hydrogens (primary N) is 1. The number of hydrogen-bond donors (Lipinski definition) is 2. The zero-order valence-electron chi connectivity index (χ0n) is 11.9. The molecule has 3 N–H and O–H groups in total. The van der Waals surface area contributed by atoms with Crippen molar-refractivity contribution in [2.24, 2.45) is 5.73 Å². The normalized spacial score (nSPS) is 13.1. The van der Waals surface area contributed by atoms with Crippen molar-refractivity contribution in [1.29, 1.82) is 0 Å². The van der Waals surface area contributed by atoms with Gasteiger partial charge >= 0.3 is 0 Å². The first-order valence-corrected chi connectivity index (χ1v) is 7.06. The zero-order valence-corrected chi connectivity index (χ0v) is 13.4. The van der Waals surface area contributed by atoms with E-state index in [-0.39, 0.29) is 18.1 Å². The summed E-state index contributed by atoms with van der Waals surface area (Å²) in [6.45, 7) is 6.25. The van der Waals surface area contributed by atoms with Gasteiger partial charge in [-0.25, -0.2) is 0 Å². The molecule has 0 saturated carbocycles. The van der Waals surface area contributed by atoms with Crippen molar-refractivity contribution in [2.75, 3.05) is 6.61 Å². The molecule has 0 heterocycles. The monoisotopic (exact) mass is 318 g/mol. The van der Waals surface area contributed by atoms with Gasteiger partial charge in [-0.2, -0.15) is 0 Å². The van der Waals surface area contributed by atoms with Crippen LogP contribution in [0.25, 0.3) is 0 Å². The van der Waals surface area contributed by atoms with Gasteiger partial charge in [0.25, 0.3) is 0 Å². The highest BCUT2D eigenvalue weighted by molar-refractivity contribution is 6.42. The van der Waals surface area contributed by atoms with Crippen LogP contribution < -0.4 is 11.1 Å². The maximum atomic E-state index is 11.8. The fourth-order valence-electron chi connectivity index (χ4n) is 1.39. The van der Waals surface area contributed by atoms with Crippen LogP contribution in [-0.4, -0.2) is 24.2 Å². The number of nitrogens with one attached hydrogen (secondary N) is 1. The van der Waals surface area contributed by atoms with E-state index < -0.39 is 6.04 Å². The topological polar surface area (TPSA) is 64.3 Å². The Bertz CT molecular complexity index is 473. The van der Waals surface area contributed by atoms with Gasteiger partial charge in [0, 0.05) is 6.54 Å². The molecule has 0 aromatic heterocycles. The van der Waals surface area contributed by atoms with Crippen LogP contribution in [0.1, 0.15) is 26.3 Å². The van der Waals surface area contributed by atoms with E-state index in [2.05, 4.69) is 5.32 Å². The summed E-state index contributed by atoms with van der Waals surface area (Å²) in [5, 5.41) is 3.68. The number of benzene rings is 1. The Morgan fingerprint density at radius 1 is 1.35 bits per heavy atom. The number of ether oxygens (including phenoxy) is 1. The van der Waals surface area contributed by atoms with E-state index in [9.17, 15) is 4.79 Å². The van der Waals surface area contributed by atoms with Gasteiger partial charge in [0.15, 0.2) is 0 Å². The molecule has 0 saturated heterocycles. The molecule has 20 heavy (non-hydrogen) atoms. The van der Waals surface area contributed by atoms with E-state index >= 15 is 0 Å². The summed E-state index contributed by atoms with van der Waals surface area (Å²) in [6.07, 6.45) is 0. The summed E-state index contributed by atoms with van der Waals surface area (Å²) >= 11 is 11.7. The lowest BCUT2D eigenvalue weighted by Gasteiger charge is -2.22. The van der Waals surface area contributed by atoms with Crippen molar-refractivity contribution < 1.29 is 9.53 Å². The van der Waals surface area contributed by atoms with Gasteiger partial charge < -0.3 is 15.8 Å². The Labute approximate surface area is 129 Å². The number of hydrogen-bond acceptors (Lipinski definition) is 3. The van der Waals surface area contributed by atoms with Crippen molar-refractivity contribution in [3.63, 3.8) is 0 Å². The van der Waals surface area contributed by atoms with Crippen molar-refractivity contribution in [3.05, 3.63) is 33.8 Å². The molecule has 1 aromatic rings. The molecule has 4 nitrogen and oxygen atoms in total. The number of rotatable bonds is 5. The summed E-state index contributed by atoms with van der Waals surface area (Å²) in [6, 6.07) is 4.50. The maximum absolute atomic E-state index is 11.8. The van der Waals surface area contributed by atoms with Crippen LogP contribution in [0, 0.1) is 0 Å². The van der Waals surface area contributed by atoms with Gasteiger partial charge in [-0.1, -0.05) is 29.3 Å². The van der Waals surface area contributed by atoms with Crippen LogP contribution in [0.5, 0.6) is 0 Å². The first-order chi connectivity index (χ1) is 9.19. The molecule has 112 valence electrons. The number of carbonyl (C=O) groups excluding carboxylic acids is 1. The molecule has 0 bridgehead atoms. The standard InChI is InChI=1S/C14H20Cl2N2O2/c1-14(2,3)20-8-12(17)13(19)18-7-9-4-5-10(15)11(16)6-9/h4-6,12H,7-8,17H2,1-3H3,(H,18,19). The van der Waals surface area contributed by atoms with Crippen molar-refractivity contribution >= 4 is 29.1 Å². The summed E-state index contributed by atoms with van der Waals surface area (Å²) in [5.74, 6) is -0.264. The summed E-state index contributed by atoms with van der Waals surface area (Å²) in [5.41, 5.74) is 6.30. The van der Waals surface area contributed by atoms with Crippen molar-refractivity contribution in [1.82, 2.24) is 5.32 Å². The smallest absolute Gasteiger partial charge is 0.239 e. The van der Waals surface area contributed by atoms with Crippen LogP contribution in [0.2, 0.25) is 10.0 Å². The molecular formula is C14H20Cl2N2O2. The second kappa shape index (κ2) is 7.27. The molecule has 1 unspecified atom stereocenters. The van der Waals surface area contributed by atoms with Crippen LogP contribution in [0.15, 0.2) is 18.2 Å². The largest absolute Gasteiger partial charge is 0.374 e. The fraction of sp³-hybridized carbons (Fsp3) is 0.500. The summed E-state index contributed by atoms with van der Waals surface area (Å²) < 4.78 is 5.47. The van der Waals surface area contributed by atoms with Gasteiger partial charge in [0.1, 0.15) is 6.04 Å². The molecule has 6 heteroatoms. The quantitative estimate of drug-likeness (QED) is 0.877. The zero-order chi connectivity index (χ0) is 15.3. The third kappa shape index (κ3) is 6.09. The van der Waals surface area contributed by atoms with Gasteiger partial charge in [-0.15, -0.1) is 0 Å². The first kappa shape index (κ1) is 17.2. The summed E-state index contributed by atoms with van der Waals surface area (Å²) in [4.78, 5) is 11.8. The molecule has 0 fully saturated rings. The highest BCUT2D eigenvalue weighted by Gasteiger charge is 2.18. The third-order valence-electron chi connectivity index (χ3n) is 2.48. The predicted molar refractivity (Wildman–Crippen MR) is 82.0 cm³/mol. The molecule has 1 amide bonds. The molecule has 1 aromatic carbocycles. The second-order valence-electron chi connectivity index (χ2n) is 5.50. The minimum Gasteiger partial charge on any atom is -0.374 e. The third-order valence-corrected chi connectivity index (χ3v) is 3.22. The van der Waals surface area contributed by atoms with Gasteiger partial charge in [-0.05, 0) is 38.5 Å². The van der Waals surface area contributed by atoms with E-state index in [1.165, 1.54) is 0 Å². The van der Waals surface area contributed by atoms with E-state index in [0.717, 1.165) is 5.56 Å². The Morgan fingerprint density at radius 2 is 2.00 bits per heavy atom. The van der Waals surface area contributed by atoms with Crippen LogP contribution in [0.3, 0.4) is 0 Å². The molecule has 1 rings (SSSR count).